The maximum Gasteiger partial charge on any atom is 0.220 e. The van der Waals surface area contributed by atoms with E-state index < -0.39 is 0 Å². The largest absolute Gasteiger partial charge is 0.220 e. The van der Waals surface area contributed by atoms with Crippen LogP contribution in [-0.2, 0) is 7.05 Å². The number of halogens is 1. The maximum atomic E-state index is 15.0. The summed E-state index contributed by atoms with van der Waals surface area (Å²) in [6, 6.07) is 20.6. The van der Waals surface area contributed by atoms with Crippen LogP contribution in [0.1, 0.15) is 54.0 Å². The van der Waals surface area contributed by atoms with E-state index in [9.17, 15) is 0 Å². The maximum absolute atomic E-state index is 15.0. The van der Waals surface area contributed by atoms with Gasteiger partial charge in [-0.1, -0.05) is 55.3 Å². The normalized spacial score (nSPS) is 14.4. The second kappa shape index (κ2) is 8.16. The molecule has 32 heavy (non-hydrogen) atoms. The van der Waals surface area contributed by atoms with Gasteiger partial charge in [0.15, 0.2) is 5.69 Å². The summed E-state index contributed by atoms with van der Waals surface area (Å²) in [5, 5.41) is 2.57. The molecule has 5 rings (SSSR count). The van der Waals surface area contributed by atoms with Crippen LogP contribution in [0.25, 0.3) is 33.2 Å². The highest BCUT2D eigenvalue weighted by molar-refractivity contribution is 5.97. The van der Waals surface area contributed by atoms with E-state index in [1.165, 1.54) is 53.3 Å². The van der Waals surface area contributed by atoms with E-state index in [-0.39, 0.29) is 5.82 Å². The third-order valence-electron chi connectivity index (χ3n) is 7.56. The van der Waals surface area contributed by atoms with Crippen LogP contribution in [0.2, 0.25) is 0 Å². The molecule has 0 unspecified atom stereocenters. The summed E-state index contributed by atoms with van der Waals surface area (Å²) in [4.78, 5) is 0. The predicted molar refractivity (Wildman–Crippen MR) is 131 cm³/mol. The fraction of sp³-hybridized carbons (Fsp3) is 0.300. The minimum atomic E-state index is -0.170. The summed E-state index contributed by atoms with van der Waals surface area (Å²) in [5.74, 6) is 0.519. The van der Waals surface area contributed by atoms with E-state index in [1.54, 1.807) is 6.07 Å². The Bertz CT molecular complexity index is 1310. The summed E-state index contributed by atoms with van der Waals surface area (Å²) in [5.41, 5.74) is 8.83. The van der Waals surface area contributed by atoms with Crippen molar-refractivity contribution < 1.29 is 8.96 Å². The Labute approximate surface area is 190 Å². The Balaban J connectivity index is 1.77. The summed E-state index contributed by atoms with van der Waals surface area (Å²) in [6.45, 7) is 6.44. The van der Waals surface area contributed by atoms with Crippen molar-refractivity contribution in [2.75, 3.05) is 0 Å². The Hall–Kier alpha value is -3.00. The summed E-state index contributed by atoms with van der Waals surface area (Å²) < 4.78 is 17.3. The predicted octanol–water partition coefficient (Wildman–Crippen LogP) is 7.72. The molecule has 0 saturated heterocycles. The highest BCUT2D eigenvalue weighted by Crippen LogP contribution is 2.39. The number of aromatic nitrogens is 1. The zero-order chi connectivity index (χ0) is 22.4. The van der Waals surface area contributed by atoms with Crippen molar-refractivity contribution in [1.82, 2.24) is 0 Å². The molecule has 0 N–H and O–H groups in total. The van der Waals surface area contributed by atoms with Crippen LogP contribution in [0.15, 0.2) is 60.7 Å². The zero-order valence-electron chi connectivity index (χ0n) is 19.5. The molecule has 0 spiro atoms. The van der Waals surface area contributed by atoms with Crippen molar-refractivity contribution >= 4 is 10.8 Å². The number of fused-ring (bicyclic) bond motifs is 1. The average molecular weight is 425 g/mol. The molecule has 0 atom stereocenters. The summed E-state index contributed by atoms with van der Waals surface area (Å²) in [6.07, 6.45) is 5.28. The number of rotatable bonds is 3. The molecule has 1 saturated carbocycles. The molecule has 162 valence electrons. The summed E-state index contributed by atoms with van der Waals surface area (Å²) >= 11 is 0. The van der Waals surface area contributed by atoms with Gasteiger partial charge < -0.3 is 0 Å². The number of aryl methyl sites for hydroxylation is 2. The third kappa shape index (κ3) is 3.43. The fourth-order valence-corrected chi connectivity index (χ4v) is 5.48. The Morgan fingerprint density at radius 1 is 0.812 bits per heavy atom. The van der Waals surface area contributed by atoms with Gasteiger partial charge in [0.2, 0.25) is 5.69 Å². The second-order valence-corrected chi connectivity index (χ2v) is 9.42. The Morgan fingerprint density at radius 2 is 1.53 bits per heavy atom. The lowest BCUT2D eigenvalue weighted by atomic mass is 9.90. The molecular formula is C30H31FN+. The topological polar surface area (TPSA) is 3.88 Å². The first-order chi connectivity index (χ1) is 15.5. The number of pyridine rings is 1. The number of hydrogen-bond acceptors (Lipinski definition) is 0. The lowest BCUT2D eigenvalue weighted by molar-refractivity contribution is -0.665. The van der Waals surface area contributed by atoms with E-state index in [2.05, 4.69) is 43.7 Å². The third-order valence-corrected chi connectivity index (χ3v) is 7.56. The van der Waals surface area contributed by atoms with Crippen molar-refractivity contribution in [2.45, 2.75) is 52.4 Å². The van der Waals surface area contributed by atoms with Gasteiger partial charge in [0.1, 0.15) is 12.9 Å². The van der Waals surface area contributed by atoms with Gasteiger partial charge in [-0.25, -0.2) is 4.39 Å². The van der Waals surface area contributed by atoms with Crippen LogP contribution in [0.3, 0.4) is 0 Å². The van der Waals surface area contributed by atoms with Crippen molar-refractivity contribution in [3.05, 3.63) is 88.9 Å². The molecule has 0 bridgehead atoms. The van der Waals surface area contributed by atoms with Gasteiger partial charge in [0.25, 0.3) is 0 Å². The van der Waals surface area contributed by atoms with Gasteiger partial charge >= 0.3 is 0 Å². The van der Waals surface area contributed by atoms with E-state index in [1.807, 2.05) is 43.3 Å². The smallest absolute Gasteiger partial charge is 0.206 e. The molecular weight excluding hydrogens is 393 g/mol. The monoisotopic (exact) mass is 424 g/mol. The SMILES string of the molecule is Cc1cc(F)c(-c2ccccc2)cc1-c1c2ccc(C3CCCC3)cc2c(C)c(C)[n+]1C. The van der Waals surface area contributed by atoms with E-state index in [0.717, 1.165) is 22.4 Å². The molecule has 1 heterocycles. The Morgan fingerprint density at radius 3 is 2.25 bits per heavy atom. The molecule has 1 aromatic heterocycles. The molecule has 4 aromatic rings. The fourth-order valence-electron chi connectivity index (χ4n) is 5.48. The average Bonchev–Trinajstić information content (AvgIpc) is 3.34. The first-order valence-corrected chi connectivity index (χ1v) is 11.7. The van der Waals surface area contributed by atoms with E-state index in [0.29, 0.717) is 11.5 Å². The van der Waals surface area contributed by atoms with Crippen LogP contribution in [0.5, 0.6) is 0 Å². The Kier molecular flexibility index (Phi) is 5.33. The number of nitrogens with zero attached hydrogens (tertiary/aromatic N) is 1. The molecule has 1 aliphatic rings. The van der Waals surface area contributed by atoms with E-state index >= 15 is 4.39 Å². The molecule has 1 nitrogen and oxygen atoms in total. The second-order valence-electron chi connectivity index (χ2n) is 9.42. The molecule has 3 aromatic carbocycles. The molecule has 2 heteroatoms. The quantitative estimate of drug-likeness (QED) is 0.296. The van der Waals surface area contributed by atoms with E-state index in [4.69, 9.17) is 0 Å². The van der Waals surface area contributed by atoms with Gasteiger partial charge in [-0.3, -0.25) is 0 Å². The van der Waals surface area contributed by atoms with Crippen molar-refractivity contribution in [2.24, 2.45) is 7.05 Å². The van der Waals surface area contributed by atoms with Crippen molar-refractivity contribution in [1.29, 1.82) is 0 Å². The van der Waals surface area contributed by atoms with Crippen molar-refractivity contribution in [3.63, 3.8) is 0 Å². The zero-order valence-corrected chi connectivity index (χ0v) is 19.5. The molecule has 0 aliphatic heterocycles. The highest BCUT2D eigenvalue weighted by atomic mass is 19.1. The standard InChI is InChI=1S/C30H31FN/c1-19-16-29(31)28(23-12-6-5-7-13-23)18-26(19)30-25-15-14-24(22-10-8-9-11-22)17-27(25)20(2)21(3)32(30)4/h5-7,12-18,22H,8-11H2,1-4H3/q+1. The minimum Gasteiger partial charge on any atom is -0.206 e. The van der Waals surface area contributed by atoms with Crippen LogP contribution < -0.4 is 4.57 Å². The van der Waals surface area contributed by atoms with Gasteiger partial charge in [-0.15, -0.1) is 0 Å². The van der Waals surface area contributed by atoms with Gasteiger partial charge in [0.05, 0.1) is 10.9 Å². The molecule has 0 amide bonds. The van der Waals surface area contributed by atoms with Crippen LogP contribution in [0.4, 0.5) is 4.39 Å². The molecule has 1 aliphatic carbocycles. The van der Waals surface area contributed by atoms with Crippen LogP contribution >= 0.6 is 0 Å². The number of hydrogen-bond donors (Lipinski definition) is 0. The number of benzene rings is 3. The molecule has 1 fully saturated rings. The van der Waals surface area contributed by atoms with Crippen molar-refractivity contribution in [3.8, 4) is 22.4 Å². The highest BCUT2D eigenvalue weighted by Gasteiger charge is 2.25. The van der Waals surface area contributed by atoms with Gasteiger partial charge in [-0.2, -0.15) is 4.57 Å². The minimum absolute atomic E-state index is 0.170. The first-order valence-electron chi connectivity index (χ1n) is 11.7. The first kappa shape index (κ1) is 20.9. The lowest BCUT2D eigenvalue weighted by Gasteiger charge is -2.16. The van der Waals surface area contributed by atoms with Gasteiger partial charge in [-0.05, 0) is 72.9 Å². The van der Waals surface area contributed by atoms with Gasteiger partial charge in [0, 0.05) is 18.1 Å². The van der Waals surface area contributed by atoms with Crippen LogP contribution in [-0.4, -0.2) is 0 Å². The molecule has 0 radical (unpaired) electrons. The summed E-state index contributed by atoms with van der Waals surface area (Å²) in [7, 11) is 2.13. The lowest BCUT2D eigenvalue weighted by Crippen LogP contribution is -2.36. The van der Waals surface area contributed by atoms with Crippen LogP contribution in [0, 0.1) is 26.6 Å².